The summed E-state index contributed by atoms with van der Waals surface area (Å²) < 4.78 is 28.0. The molecular formula is C13H8Cl2N2O2S2. The number of hydrogen-bond acceptors (Lipinski definition) is 4. The number of rotatable bonds is 3. The highest BCUT2D eigenvalue weighted by Crippen LogP contribution is 2.27. The van der Waals surface area contributed by atoms with E-state index in [1.54, 1.807) is 23.7 Å². The SMILES string of the molecule is O=S(=O)(Nc1ccc2ncsc2c1)c1ccc(Cl)c(Cl)c1. The van der Waals surface area contributed by atoms with Crippen LogP contribution >= 0.6 is 34.5 Å². The third kappa shape index (κ3) is 2.98. The Morgan fingerprint density at radius 3 is 2.62 bits per heavy atom. The van der Waals surface area contributed by atoms with Gasteiger partial charge in [-0.15, -0.1) is 11.3 Å². The van der Waals surface area contributed by atoms with Crippen LogP contribution in [0.15, 0.2) is 46.8 Å². The van der Waals surface area contributed by atoms with E-state index >= 15 is 0 Å². The van der Waals surface area contributed by atoms with Gasteiger partial charge in [0.25, 0.3) is 10.0 Å². The molecule has 0 saturated heterocycles. The standard InChI is InChI=1S/C13H8Cl2N2O2S2/c14-10-3-2-9(6-11(10)15)21(18,19)17-8-1-4-12-13(5-8)20-7-16-12/h1-7,17H. The number of halogens is 2. The van der Waals surface area contributed by atoms with E-state index in [1.165, 1.54) is 29.5 Å². The second-order valence-corrected chi connectivity index (χ2v) is 7.60. The number of nitrogens with zero attached hydrogens (tertiary/aromatic N) is 1. The highest BCUT2D eigenvalue weighted by Gasteiger charge is 2.16. The van der Waals surface area contributed by atoms with Crippen LogP contribution in [0.4, 0.5) is 5.69 Å². The fourth-order valence-electron chi connectivity index (χ4n) is 1.78. The van der Waals surface area contributed by atoms with Crippen molar-refractivity contribution in [3.8, 4) is 0 Å². The van der Waals surface area contributed by atoms with Crippen molar-refractivity contribution in [3.63, 3.8) is 0 Å². The summed E-state index contributed by atoms with van der Waals surface area (Å²) in [4.78, 5) is 4.20. The van der Waals surface area contributed by atoms with Gasteiger partial charge in [-0.1, -0.05) is 23.2 Å². The molecule has 0 spiro atoms. The first kappa shape index (κ1) is 14.6. The molecule has 0 saturated carbocycles. The van der Waals surface area contributed by atoms with Gasteiger partial charge in [0.2, 0.25) is 0 Å². The largest absolute Gasteiger partial charge is 0.280 e. The molecule has 0 aliphatic rings. The number of hydrogen-bond donors (Lipinski definition) is 1. The van der Waals surface area contributed by atoms with Crippen LogP contribution < -0.4 is 4.72 Å². The lowest BCUT2D eigenvalue weighted by molar-refractivity contribution is 0.601. The maximum absolute atomic E-state index is 12.3. The summed E-state index contributed by atoms with van der Waals surface area (Å²) >= 11 is 13.1. The van der Waals surface area contributed by atoms with Gasteiger partial charge >= 0.3 is 0 Å². The van der Waals surface area contributed by atoms with Crippen LogP contribution in [-0.2, 0) is 10.0 Å². The molecule has 0 bridgehead atoms. The fraction of sp³-hybridized carbons (Fsp3) is 0. The Hall–Kier alpha value is -1.34. The molecule has 0 fully saturated rings. The summed E-state index contributed by atoms with van der Waals surface area (Å²) in [5, 5.41) is 0.499. The van der Waals surface area contributed by atoms with Gasteiger partial charge in [0.05, 0.1) is 36.4 Å². The van der Waals surface area contributed by atoms with E-state index in [0.29, 0.717) is 10.7 Å². The van der Waals surface area contributed by atoms with Crippen molar-refractivity contribution in [1.29, 1.82) is 0 Å². The first-order valence-corrected chi connectivity index (χ1v) is 8.89. The van der Waals surface area contributed by atoms with Gasteiger partial charge in [-0.05, 0) is 36.4 Å². The Balaban J connectivity index is 1.96. The molecular weight excluding hydrogens is 351 g/mol. The highest BCUT2D eigenvalue weighted by molar-refractivity contribution is 7.92. The summed E-state index contributed by atoms with van der Waals surface area (Å²) in [5.41, 5.74) is 3.01. The molecule has 0 radical (unpaired) electrons. The number of anilines is 1. The predicted molar refractivity (Wildman–Crippen MR) is 86.9 cm³/mol. The summed E-state index contributed by atoms with van der Waals surface area (Å²) in [6, 6.07) is 9.34. The maximum Gasteiger partial charge on any atom is 0.261 e. The molecule has 0 atom stereocenters. The van der Waals surface area contributed by atoms with Gasteiger partial charge < -0.3 is 0 Å². The van der Waals surface area contributed by atoms with E-state index in [1.807, 2.05) is 0 Å². The van der Waals surface area contributed by atoms with Gasteiger partial charge in [-0.3, -0.25) is 4.72 Å². The number of benzene rings is 2. The van der Waals surface area contributed by atoms with Gasteiger partial charge in [-0.25, -0.2) is 13.4 Å². The van der Waals surface area contributed by atoms with E-state index in [2.05, 4.69) is 9.71 Å². The van der Waals surface area contributed by atoms with Crippen molar-refractivity contribution < 1.29 is 8.42 Å². The monoisotopic (exact) mass is 358 g/mol. The van der Waals surface area contributed by atoms with Crippen molar-refractivity contribution in [2.45, 2.75) is 4.90 Å². The van der Waals surface area contributed by atoms with Crippen LogP contribution in [-0.4, -0.2) is 13.4 Å². The number of thiazole rings is 1. The highest BCUT2D eigenvalue weighted by atomic mass is 35.5. The Morgan fingerprint density at radius 2 is 1.86 bits per heavy atom. The zero-order valence-electron chi connectivity index (χ0n) is 10.4. The first-order valence-electron chi connectivity index (χ1n) is 5.77. The zero-order chi connectivity index (χ0) is 15.0. The average Bonchev–Trinajstić information content (AvgIpc) is 2.88. The minimum Gasteiger partial charge on any atom is -0.280 e. The number of fused-ring (bicyclic) bond motifs is 1. The molecule has 3 aromatic rings. The molecule has 8 heteroatoms. The Kier molecular flexibility index (Phi) is 3.79. The maximum atomic E-state index is 12.3. The lowest BCUT2D eigenvalue weighted by Gasteiger charge is -2.08. The minimum absolute atomic E-state index is 0.0568. The molecule has 0 aliphatic carbocycles. The predicted octanol–water partition coefficient (Wildman–Crippen LogP) is 4.40. The van der Waals surface area contributed by atoms with Crippen molar-refractivity contribution in [1.82, 2.24) is 4.98 Å². The van der Waals surface area contributed by atoms with Gasteiger partial charge in [-0.2, -0.15) is 0 Å². The van der Waals surface area contributed by atoms with Crippen LogP contribution in [0.5, 0.6) is 0 Å². The van der Waals surface area contributed by atoms with E-state index in [9.17, 15) is 8.42 Å². The topological polar surface area (TPSA) is 59.1 Å². The minimum atomic E-state index is -3.71. The molecule has 0 aliphatic heterocycles. The normalized spacial score (nSPS) is 11.7. The second-order valence-electron chi connectivity index (χ2n) is 4.22. The van der Waals surface area contributed by atoms with Gasteiger partial charge in [0, 0.05) is 0 Å². The van der Waals surface area contributed by atoms with E-state index < -0.39 is 10.0 Å². The smallest absolute Gasteiger partial charge is 0.261 e. The second kappa shape index (κ2) is 5.46. The molecule has 3 rings (SSSR count). The summed E-state index contributed by atoms with van der Waals surface area (Å²) in [7, 11) is -3.71. The average molecular weight is 359 g/mol. The third-order valence-corrected chi connectivity index (χ3v) is 5.69. The van der Waals surface area contributed by atoms with E-state index in [4.69, 9.17) is 23.2 Å². The number of sulfonamides is 1. The quantitative estimate of drug-likeness (QED) is 0.754. The lowest BCUT2D eigenvalue weighted by atomic mass is 10.3. The van der Waals surface area contributed by atoms with Crippen LogP contribution in [0, 0.1) is 0 Å². The molecule has 2 aromatic carbocycles. The summed E-state index contributed by atoms with van der Waals surface area (Å²) in [5.74, 6) is 0. The molecule has 0 unspecified atom stereocenters. The fourth-order valence-corrected chi connectivity index (χ4v) is 3.93. The van der Waals surface area contributed by atoms with Crippen LogP contribution in [0.3, 0.4) is 0 Å². The van der Waals surface area contributed by atoms with Crippen molar-refractivity contribution in [3.05, 3.63) is 52.0 Å². The van der Waals surface area contributed by atoms with E-state index in [-0.39, 0.29) is 9.92 Å². The van der Waals surface area contributed by atoms with Crippen LogP contribution in [0.2, 0.25) is 10.0 Å². The van der Waals surface area contributed by atoms with Gasteiger partial charge in [0.1, 0.15) is 0 Å². The molecule has 1 heterocycles. The lowest BCUT2D eigenvalue weighted by Crippen LogP contribution is -2.12. The molecule has 0 amide bonds. The van der Waals surface area contributed by atoms with E-state index in [0.717, 1.165) is 10.2 Å². The van der Waals surface area contributed by atoms with Gasteiger partial charge in [0.15, 0.2) is 0 Å². The van der Waals surface area contributed by atoms with Crippen LogP contribution in [0.25, 0.3) is 10.2 Å². The third-order valence-electron chi connectivity index (χ3n) is 2.78. The molecule has 21 heavy (non-hydrogen) atoms. The van der Waals surface area contributed by atoms with Crippen LogP contribution in [0.1, 0.15) is 0 Å². The summed E-state index contributed by atoms with van der Waals surface area (Å²) in [6.45, 7) is 0. The zero-order valence-corrected chi connectivity index (χ0v) is 13.5. The van der Waals surface area contributed by atoms with Crippen molar-refractivity contribution in [2.24, 2.45) is 0 Å². The van der Waals surface area contributed by atoms with Crippen molar-refractivity contribution in [2.75, 3.05) is 4.72 Å². The molecule has 1 N–H and O–H groups in total. The Labute approximate surface area is 135 Å². The summed E-state index contributed by atoms with van der Waals surface area (Å²) in [6.07, 6.45) is 0. The Bertz CT molecular complexity index is 923. The molecule has 108 valence electrons. The first-order chi connectivity index (χ1) is 9.95. The molecule has 1 aromatic heterocycles. The Morgan fingerprint density at radius 1 is 1.05 bits per heavy atom. The van der Waals surface area contributed by atoms with Crippen molar-refractivity contribution >= 4 is 60.5 Å². The molecule has 4 nitrogen and oxygen atoms in total. The number of aromatic nitrogens is 1. The number of nitrogens with one attached hydrogen (secondary N) is 1.